The van der Waals surface area contributed by atoms with Crippen LogP contribution in [0.2, 0.25) is 0 Å². The molecule has 1 aromatic heterocycles. The molecule has 2 rings (SSSR count). The van der Waals surface area contributed by atoms with Gasteiger partial charge in [-0.2, -0.15) is 5.26 Å². The topological polar surface area (TPSA) is 104 Å². The molecule has 36 heavy (non-hydrogen) atoms. The second-order valence-electron chi connectivity index (χ2n) is 7.89. The number of aromatic nitrogens is 1. The molecule has 2 aromatic rings. The van der Waals surface area contributed by atoms with Crippen molar-refractivity contribution < 1.29 is 19.4 Å². The van der Waals surface area contributed by atoms with E-state index in [1.54, 1.807) is 26.2 Å². The normalized spacial score (nSPS) is 11.9. The summed E-state index contributed by atoms with van der Waals surface area (Å²) in [5, 5.41) is 19.5. The summed E-state index contributed by atoms with van der Waals surface area (Å²) in [4.78, 5) is 14.6. The number of nitrogens with one attached hydrogen (secondary N) is 1. The number of hydrogen-bond donors (Lipinski definition) is 2. The van der Waals surface area contributed by atoms with Gasteiger partial charge in [-0.1, -0.05) is 42.8 Å². The number of hydrogen-bond acceptors (Lipinski definition) is 6. The number of pyridine rings is 1. The van der Waals surface area contributed by atoms with E-state index in [2.05, 4.69) is 48.4 Å². The maximum atomic E-state index is 10.5. The smallest absolute Gasteiger partial charge is 0.214 e. The average molecular weight is 492 g/mol. The molecule has 1 amide bonds. The lowest BCUT2D eigenvalue weighted by Crippen LogP contribution is -2.09. The molecule has 0 fully saturated rings. The van der Waals surface area contributed by atoms with Crippen molar-refractivity contribution in [1.82, 2.24) is 10.3 Å². The Labute approximate surface area is 214 Å². The van der Waals surface area contributed by atoms with Crippen molar-refractivity contribution in [1.29, 1.82) is 5.26 Å². The van der Waals surface area contributed by atoms with Crippen LogP contribution in [0.1, 0.15) is 56.5 Å². The first kappa shape index (κ1) is 30.1. The molecule has 0 saturated heterocycles. The molecule has 0 radical (unpaired) electrons. The molecule has 0 unspecified atom stereocenters. The number of carbonyl (C=O) groups excluding carboxylic acids is 1. The highest BCUT2D eigenvalue weighted by molar-refractivity contribution is 5.69. The van der Waals surface area contributed by atoms with Gasteiger partial charge in [0.2, 0.25) is 12.3 Å². The van der Waals surface area contributed by atoms with Crippen LogP contribution in [-0.2, 0) is 22.5 Å². The predicted molar refractivity (Wildman–Crippen MR) is 143 cm³/mol. The number of nitrogens with zero attached hydrogens (tertiary/aromatic N) is 2. The van der Waals surface area contributed by atoms with E-state index >= 15 is 0 Å². The zero-order chi connectivity index (χ0) is 26.9. The summed E-state index contributed by atoms with van der Waals surface area (Å²) in [6.45, 7) is 8.68. The van der Waals surface area contributed by atoms with E-state index in [4.69, 9.17) is 14.6 Å². The van der Waals surface area contributed by atoms with Crippen LogP contribution in [0.3, 0.4) is 0 Å². The van der Waals surface area contributed by atoms with Crippen molar-refractivity contribution in [3.05, 3.63) is 87.8 Å². The molecule has 0 aliphatic heterocycles. The Morgan fingerprint density at radius 3 is 2.28 bits per heavy atom. The van der Waals surface area contributed by atoms with E-state index < -0.39 is 0 Å². The fourth-order valence-electron chi connectivity index (χ4n) is 3.28. The van der Waals surface area contributed by atoms with Crippen molar-refractivity contribution in [3.63, 3.8) is 0 Å². The number of allylic oxidation sites excluding steroid dienone is 5. The number of rotatable bonds is 11. The molecule has 192 valence electrons. The Balaban J connectivity index is 0.00000205. The fourth-order valence-corrected chi connectivity index (χ4v) is 3.28. The third-order valence-electron chi connectivity index (χ3n) is 5.47. The number of aliphatic hydroxyl groups is 1. The second-order valence-corrected chi connectivity index (χ2v) is 7.89. The minimum absolute atomic E-state index is 0.250. The molecule has 0 saturated carbocycles. The SMILES string of the molecule is CC/C(C)=C(/C=C\C(OC)=C(/C)c1cc(C#N)nc(OC)c1)Cc1ccc(CNC=O)cc1.CCO. The van der Waals surface area contributed by atoms with Gasteiger partial charge < -0.3 is 19.9 Å². The summed E-state index contributed by atoms with van der Waals surface area (Å²) < 4.78 is 10.9. The van der Waals surface area contributed by atoms with Crippen molar-refractivity contribution in [3.8, 4) is 11.9 Å². The molecule has 2 N–H and O–H groups in total. The Morgan fingerprint density at radius 1 is 1.11 bits per heavy atom. The summed E-state index contributed by atoms with van der Waals surface area (Å²) in [7, 11) is 3.16. The van der Waals surface area contributed by atoms with Crippen molar-refractivity contribution in [2.45, 2.75) is 47.1 Å². The minimum atomic E-state index is 0.250. The third kappa shape index (κ3) is 9.77. The quantitative estimate of drug-likeness (QED) is 0.257. The Kier molecular flexibility index (Phi) is 14.0. The van der Waals surface area contributed by atoms with E-state index in [1.165, 1.54) is 23.8 Å². The van der Waals surface area contributed by atoms with E-state index in [-0.39, 0.29) is 12.3 Å². The monoisotopic (exact) mass is 491 g/mol. The number of ether oxygens (including phenoxy) is 2. The first-order valence-corrected chi connectivity index (χ1v) is 11.8. The van der Waals surface area contributed by atoms with Gasteiger partial charge in [0.25, 0.3) is 0 Å². The van der Waals surface area contributed by atoms with Gasteiger partial charge in [0.1, 0.15) is 17.5 Å². The first-order chi connectivity index (χ1) is 17.4. The Bertz CT molecular complexity index is 1110. The standard InChI is InChI=1S/C27H31N3O3.C2H6O/c1-6-19(2)23(13-21-7-9-22(10-8-21)17-29-18-31)11-12-26(32-4)20(3)24-14-25(16-28)30-27(15-24)33-5;1-2-3/h7-12,14-15,18H,6,13,17H2,1-5H3,(H,29,31);3H,2H2,1H3/b12-11-,23-19-,26-20-;. The maximum Gasteiger partial charge on any atom is 0.214 e. The van der Waals surface area contributed by atoms with E-state index in [1.807, 2.05) is 25.1 Å². The van der Waals surface area contributed by atoms with Gasteiger partial charge in [0.15, 0.2) is 0 Å². The highest BCUT2D eigenvalue weighted by Gasteiger charge is 2.09. The first-order valence-electron chi connectivity index (χ1n) is 11.8. The number of amides is 1. The maximum absolute atomic E-state index is 10.5. The van der Waals surface area contributed by atoms with E-state index in [0.29, 0.717) is 24.6 Å². The van der Waals surface area contributed by atoms with E-state index in [0.717, 1.165) is 29.5 Å². The lowest BCUT2D eigenvalue weighted by Gasteiger charge is -2.12. The fraction of sp³-hybridized carbons (Fsp3) is 0.345. The number of aliphatic hydroxyl groups excluding tert-OH is 1. The molecule has 0 bridgehead atoms. The molecule has 1 aromatic carbocycles. The molecule has 0 atom stereocenters. The zero-order valence-corrected chi connectivity index (χ0v) is 22.1. The predicted octanol–water partition coefficient (Wildman–Crippen LogP) is 5.11. The number of benzene rings is 1. The summed E-state index contributed by atoms with van der Waals surface area (Å²) in [5.41, 5.74) is 6.74. The van der Waals surface area contributed by atoms with Gasteiger partial charge in [-0.25, -0.2) is 4.98 Å². The Morgan fingerprint density at radius 2 is 1.75 bits per heavy atom. The largest absolute Gasteiger partial charge is 0.496 e. The van der Waals surface area contributed by atoms with Crippen LogP contribution in [0.5, 0.6) is 5.88 Å². The van der Waals surface area contributed by atoms with Crippen LogP contribution >= 0.6 is 0 Å². The molecule has 7 heteroatoms. The van der Waals surface area contributed by atoms with Gasteiger partial charge in [0.05, 0.1) is 14.2 Å². The molecule has 0 aliphatic rings. The van der Waals surface area contributed by atoms with Gasteiger partial charge in [-0.05, 0) is 73.6 Å². The summed E-state index contributed by atoms with van der Waals surface area (Å²) in [6.07, 6.45) is 6.49. The summed E-state index contributed by atoms with van der Waals surface area (Å²) >= 11 is 0. The van der Waals surface area contributed by atoms with Gasteiger partial charge in [-0.15, -0.1) is 0 Å². The molecular formula is C29H37N3O4. The van der Waals surface area contributed by atoms with Crippen LogP contribution < -0.4 is 10.1 Å². The zero-order valence-electron chi connectivity index (χ0n) is 22.1. The summed E-state index contributed by atoms with van der Waals surface area (Å²) in [5.74, 6) is 1.08. The van der Waals surface area contributed by atoms with Crippen LogP contribution in [-0.4, -0.2) is 37.3 Å². The van der Waals surface area contributed by atoms with Crippen molar-refractivity contribution in [2.75, 3.05) is 20.8 Å². The van der Waals surface area contributed by atoms with Crippen LogP contribution in [0.4, 0.5) is 0 Å². The highest BCUT2D eigenvalue weighted by Crippen LogP contribution is 2.25. The molecule has 7 nitrogen and oxygen atoms in total. The molecule has 1 heterocycles. The Hall–Kier alpha value is -3.89. The van der Waals surface area contributed by atoms with Crippen LogP contribution in [0.15, 0.2) is 65.5 Å². The highest BCUT2D eigenvalue weighted by atomic mass is 16.5. The molecule has 0 spiro atoms. The summed E-state index contributed by atoms with van der Waals surface area (Å²) in [6, 6.07) is 13.8. The van der Waals surface area contributed by atoms with Crippen molar-refractivity contribution in [2.24, 2.45) is 0 Å². The minimum Gasteiger partial charge on any atom is -0.496 e. The number of methoxy groups -OCH3 is 2. The van der Waals surface area contributed by atoms with Crippen molar-refractivity contribution >= 4 is 12.0 Å². The molecular weight excluding hydrogens is 454 g/mol. The third-order valence-corrected chi connectivity index (χ3v) is 5.47. The second kappa shape index (κ2) is 16.7. The van der Waals surface area contributed by atoms with Gasteiger partial charge in [-0.3, -0.25) is 4.79 Å². The number of carbonyl (C=O) groups is 1. The van der Waals surface area contributed by atoms with Crippen LogP contribution in [0, 0.1) is 11.3 Å². The lowest BCUT2D eigenvalue weighted by atomic mass is 9.97. The van der Waals surface area contributed by atoms with Gasteiger partial charge in [0, 0.05) is 19.2 Å². The lowest BCUT2D eigenvalue weighted by molar-refractivity contribution is -0.109. The van der Waals surface area contributed by atoms with E-state index in [9.17, 15) is 10.1 Å². The average Bonchev–Trinajstić information content (AvgIpc) is 2.91. The number of nitriles is 1. The van der Waals surface area contributed by atoms with Crippen LogP contribution in [0.25, 0.3) is 5.57 Å². The molecule has 0 aliphatic carbocycles. The van der Waals surface area contributed by atoms with Gasteiger partial charge >= 0.3 is 0 Å².